The quantitative estimate of drug-likeness (QED) is 0.881. The number of hydrogen-bond acceptors (Lipinski definition) is 2. The van der Waals surface area contributed by atoms with Crippen molar-refractivity contribution >= 4 is 21.9 Å². The second kappa shape index (κ2) is 6.70. The van der Waals surface area contributed by atoms with Crippen molar-refractivity contribution in [2.45, 2.75) is 19.3 Å². The molecule has 1 heterocycles. The molecule has 5 heteroatoms. The van der Waals surface area contributed by atoms with E-state index < -0.39 is 5.97 Å². The highest BCUT2D eigenvalue weighted by molar-refractivity contribution is 9.10. The van der Waals surface area contributed by atoms with Crippen molar-refractivity contribution in [3.63, 3.8) is 0 Å². The van der Waals surface area contributed by atoms with E-state index in [1.165, 1.54) is 0 Å². The molecular formula is C15H17BrN2O2. The van der Waals surface area contributed by atoms with E-state index in [1.54, 1.807) is 10.9 Å². The average molecular weight is 337 g/mol. The van der Waals surface area contributed by atoms with E-state index in [2.05, 4.69) is 21.0 Å². The number of aromatic nitrogens is 2. The van der Waals surface area contributed by atoms with Crippen molar-refractivity contribution in [1.82, 2.24) is 9.78 Å². The van der Waals surface area contributed by atoms with E-state index in [0.717, 1.165) is 22.0 Å². The maximum atomic E-state index is 11.4. The van der Waals surface area contributed by atoms with Crippen LogP contribution in [0.5, 0.6) is 0 Å². The lowest BCUT2D eigenvalue weighted by Gasteiger charge is -2.13. The van der Waals surface area contributed by atoms with E-state index >= 15 is 0 Å². The molecule has 1 aromatic carbocycles. The van der Waals surface area contributed by atoms with Gasteiger partial charge in [0.05, 0.1) is 12.1 Å². The molecule has 20 heavy (non-hydrogen) atoms. The fourth-order valence-electron chi connectivity index (χ4n) is 2.18. The van der Waals surface area contributed by atoms with Gasteiger partial charge in [-0.15, -0.1) is 0 Å². The normalized spacial score (nSPS) is 12.3. The molecule has 1 unspecified atom stereocenters. The van der Waals surface area contributed by atoms with E-state index in [0.29, 0.717) is 12.8 Å². The number of carboxylic acid groups (broad SMARTS) is 1. The van der Waals surface area contributed by atoms with Crippen molar-refractivity contribution in [2.75, 3.05) is 0 Å². The summed E-state index contributed by atoms with van der Waals surface area (Å²) < 4.78 is 2.70. The van der Waals surface area contributed by atoms with Crippen molar-refractivity contribution in [3.8, 4) is 0 Å². The minimum atomic E-state index is -0.746. The number of aliphatic carboxylic acids is 1. The number of benzene rings is 1. The Labute approximate surface area is 126 Å². The van der Waals surface area contributed by atoms with E-state index in [4.69, 9.17) is 0 Å². The second-order valence-corrected chi connectivity index (χ2v) is 5.75. The maximum Gasteiger partial charge on any atom is 0.306 e. The van der Waals surface area contributed by atoms with Gasteiger partial charge in [0.2, 0.25) is 0 Å². The fourth-order valence-corrected chi connectivity index (χ4v) is 2.63. The van der Waals surface area contributed by atoms with Crippen LogP contribution in [-0.2, 0) is 24.7 Å². The molecule has 0 aliphatic heterocycles. The molecule has 0 bridgehead atoms. The number of aryl methyl sites for hydroxylation is 2. The zero-order valence-corrected chi connectivity index (χ0v) is 12.9. The number of carbonyl (C=O) groups is 1. The molecule has 0 amide bonds. The first-order valence-corrected chi connectivity index (χ1v) is 7.29. The van der Waals surface area contributed by atoms with Crippen LogP contribution in [-0.4, -0.2) is 20.9 Å². The highest BCUT2D eigenvalue weighted by Crippen LogP contribution is 2.22. The van der Waals surface area contributed by atoms with Gasteiger partial charge >= 0.3 is 5.97 Å². The third-order valence-electron chi connectivity index (χ3n) is 3.31. The zero-order chi connectivity index (χ0) is 14.5. The molecule has 0 aliphatic rings. The van der Waals surface area contributed by atoms with Crippen LogP contribution >= 0.6 is 15.9 Å². The number of nitrogens with zero attached hydrogens (tertiary/aromatic N) is 2. The van der Waals surface area contributed by atoms with Gasteiger partial charge in [0.25, 0.3) is 0 Å². The van der Waals surface area contributed by atoms with Crippen LogP contribution in [0.25, 0.3) is 0 Å². The smallest absolute Gasteiger partial charge is 0.306 e. The highest BCUT2D eigenvalue weighted by Gasteiger charge is 2.19. The topological polar surface area (TPSA) is 55.1 Å². The van der Waals surface area contributed by atoms with Gasteiger partial charge in [-0.25, -0.2) is 0 Å². The number of hydrogen-bond donors (Lipinski definition) is 1. The first-order valence-electron chi connectivity index (χ1n) is 6.50. The summed E-state index contributed by atoms with van der Waals surface area (Å²) in [6.07, 6.45) is 5.60. The SMILES string of the molecule is Cn1cc(CCC(Cc2ccccc2Br)C(=O)O)cn1. The van der Waals surface area contributed by atoms with Gasteiger partial charge in [-0.3, -0.25) is 9.48 Å². The van der Waals surface area contributed by atoms with Crippen LogP contribution < -0.4 is 0 Å². The molecule has 1 atom stereocenters. The molecule has 0 aliphatic carbocycles. The Bertz CT molecular complexity index is 595. The third kappa shape index (κ3) is 3.93. The molecule has 0 spiro atoms. The first kappa shape index (κ1) is 14.8. The van der Waals surface area contributed by atoms with Gasteiger partial charge in [-0.1, -0.05) is 34.1 Å². The molecule has 2 rings (SSSR count). The minimum absolute atomic E-state index is 0.381. The highest BCUT2D eigenvalue weighted by atomic mass is 79.9. The Hall–Kier alpha value is -1.62. The van der Waals surface area contributed by atoms with Crippen molar-refractivity contribution < 1.29 is 9.90 Å². The third-order valence-corrected chi connectivity index (χ3v) is 4.09. The minimum Gasteiger partial charge on any atom is -0.481 e. The summed E-state index contributed by atoms with van der Waals surface area (Å²) in [5.74, 6) is -1.13. The Balaban J connectivity index is 2.01. The van der Waals surface area contributed by atoms with Crippen molar-refractivity contribution in [2.24, 2.45) is 13.0 Å². The summed E-state index contributed by atoms with van der Waals surface area (Å²) in [5, 5.41) is 13.5. The Morgan fingerprint density at radius 3 is 2.80 bits per heavy atom. The van der Waals surface area contributed by atoms with Crippen molar-refractivity contribution in [1.29, 1.82) is 0 Å². The van der Waals surface area contributed by atoms with E-state index in [1.807, 2.05) is 37.5 Å². The lowest BCUT2D eigenvalue weighted by atomic mass is 9.94. The van der Waals surface area contributed by atoms with E-state index in [9.17, 15) is 9.90 Å². The molecular weight excluding hydrogens is 320 g/mol. The molecule has 0 radical (unpaired) electrons. The predicted octanol–water partition coefficient (Wildman–Crippen LogP) is 3.06. The average Bonchev–Trinajstić information content (AvgIpc) is 2.82. The Morgan fingerprint density at radius 2 is 2.20 bits per heavy atom. The van der Waals surface area contributed by atoms with Crippen LogP contribution in [0.2, 0.25) is 0 Å². The van der Waals surface area contributed by atoms with Crippen LogP contribution in [0.3, 0.4) is 0 Å². The van der Waals surface area contributed by atoms with Gasteiger partial charge in [0, 0.05) is 17.7 Å². The van der Waals surface area contributed by atoms with Gasteiger partial charge < -0.3 is 5.11 Å². The van der Waals surface area contributed by atoms with Crippen LogP contribution in [0.1, 0.15) is 17.5 Å². The summed E-state index contributed by atoms with van der Waals surface area (Å²) in [7, 11) is 1.86. The molecule has 0 saturated carbocycles. The molecule has 0 fully saturated rings. The van der Waals surface area contributed by atoms with Gasteiger partial charge in [0.1, 0.15) is 0 Å². The number of rotatable bonds is 6. The molecule has 2 aromatic rings. The summed E-state index contributed by atoms with van der Waals surface area (Å²) >= 11 is 3.47. The molecule has 1 N–H and O–H groups in total. The van der Waals surface area contributed by atoms with Crippen LogP contribution in [0, 0.1) is 5.92 Å². The second-order valence-electron chi connectivity index (χ2n) is 4.89. The zero-order valence-electron chi connectivity index (χ0n) is 11.3. The Morgan fingerprint density at radius 1 is 1.45 bits per heavy atom. The van der Waals surface area contributed by atoms with Gasteiger partial charge in [0.15, 0.2) is 0 Å². The molecule has 4 nitrogen and oxygen atoms in total. The lowest BCUT2D eigenvalue weighted by molar-refractivity contribution is -0.141. The first-order chi connectivity index (χ1) is 9.56. The molecule has 106 valence electrons. The monoisotopic (exact) mass is 336 g/mol. The van der Waals surface area contributed by atoms with Crippen LogP contribution in [0.15, 0.2) is 41.1 Å². The Kier molecular flexibility index (Phi) is 4.95. The van der Waals surface area contributed by atoms with E-state index in [-0.39, 0.29) is 5.92 Å². The molecule has 0 saturated heterocycles. The maximum absolute atomic E-state index is 11.4. The van der Waals surface area contributed by atoms with Crippen molar-refractivity contribution in [3.05, 3.63) is 52.3 Å². The van der Waals surface area contributed by atoms with Gasteiger partial charge in [-0.05, 0) is 36.5 Å². The predicted molar refractivity (Wildman–Crippen MR) is 80.5 cm³/mol. The summed E-state index contributed by atoms with van der Waals surface area (Å²) in [4.78, 5) is 11.4. The van der Waals surface area contributed by atoms with Gasteiger partial charge in [-0.2, -0.15) is 5.10 Å². The lowest BCUT2D eigenvalue weighted by Crippen LogP contribution is -2.17. The number of carboxylic acids is 1. The largest absolute Gasteiger partial charge is 0.481 e. The molecule has 1 aromatic heterocycles. The standard InChI is InChI=1S/C15H17BrN2O2/c1-18-10-11(9-17-18)6-7-13(15(19)20)8-12-4-2-3-5-14(12)16/h2-5,9-10,13H,6-8H2,1H3,(H,19,20). The summed E-state index contributed by atoms with van der Waals surface area (Å²) in [5.41, 5.74) is 2.11. The fraction of sp³-hybridized carbons (Fsp3) is 0.333. The summed E-state index contributed by atoms with van der Waals surface area (Å²) in [6, 6.07) is 7.76. The van der Waals surface area contributed by atoms with Crippen LogP contribution in [0.4, 0.5) is 0 Å². The number of halogens is 1. The summed E-state index contributed by atoms with van der Waals surface area (Å²) in [6.45, 7) is 0.